The van der Waals surface area contributed by atoms with Gasteiger partial charge in [0.05, 0.1) is 6.61 Å². The Morgan fingerprint density at radius 2 is 0.734 bits per heavy atom. The molecule has 0 N–H and O–H groups in total. The molecule has 0 saturated carbocycles. The van der Waals surface area contributed by atoms with Gasteiger partial charge in [0.25, 0.3) is 0 Å². The number of hydrogen-bond donors (Lipinski definition) is 0. The van der Waals surface area contributed by atoms with E-state index in [2.05, 4.69) is 0 Å². The van der Waals surface area contributed by atoms with Crippen molar-refractivity contribution in [3.63, 3.8) is 0 Å². The highest BCUT2D eigenvalue weighted by atomic mass is 16.8. The molecule has 0 amide bonds. The zero-order chi connectivity index (χ0) is 56.2. The molecule has 2 saturated heterocycles. The monoisotopic (exact) mass is 1080 g/mol. The van der Waals surface area contributed by atoms with Crippen LogP contribution in [-0.4, -0.2) is 110 Å². The van der Waals surface area contributed by atoms with E-state index in [1.165, 1.54) is 6.92 Å². The fraction of sp³-hybridized carbons (Fsp3) is 0.323. The van der Waals surface area contributed by atoms with E-state index in [0.717, 1.165) is 34.6 Å². The molecular weight excluding hydrogens is 1020 g/mol. The van der Waals surface area contributed by atoms with Crippen LogP contribution >= 0.6 is 0 Å². The average Bonchev–Trinajstić information content (AvgIpc) is 3.76. The van der Waals surface area contributed by atoms with Crippen LogP contribution in [0.4, 0.5) is 0 Å². The molecule has 2 heterocycles. The van der Waals surface area contributed by atoms with Gasteiger partial charge in [-0.05, 0) is 33.4 Å². The molecule has 8 rings (SSSR count). The summed E-state index contributed by atoms with van der Waals surface area (Å²) in [6.07, 6.45) is -13.4. The van der Waals surface area contributed by atoms with Crippen molar-refractivity contribution in [2.75, 3.05) is 19.8 Å². The number of carbonyl (C=O) groups excluding carboxylic acids is 6. The first-order valence-corrected chi connectivity index (χ1v) is 25.7. The van der Waals surface area contributed by atoms with Gasteiger partial charge in [0.2, 0.25) is 12.1 Å². The summed E-state index contributed by atoms with van der Waals surface area (Å²) >= 11 is 0. The first-order valence-electron chi connectivity index (χ1n) is 25.7. The molecule has 0 radical (unpaired) electrons. The summed E-state index contributed by atoms with van der Waals surface area (Å²) in [5, 5.41) is 0. The van der Waals surface area contributed by atoms with Crippen molar-refractivity contribution in [2.24, 2.45) is 0 Å². The van der Waals surface area contributed by atoms with Gasteiger partial charge in [0.15, 0.2) is 30.5 Å². The number of carbonyl (C=O) groups is 6. The van der Waals surface area contributed by atoms with E-state index in [9.17, 15) is 28.8 Å². The minimum Gasteiger partial charge on any atom is -0.463 e. The minimum atomic E-state index is -2.53. The Hall–Kier alpha value is -8.06. The van der Waals surface area contributed by atoms with E-state index in [4.69, 9.17) is 52.1 Å². The summed E-state index contributed by atoms with van der Waals surface area (Å²) in [5.74, 6) is -7.65. The molecule has 0 aliphatic carbocycles. The predicted molar refractivity (Wildman–Crippen MR) is 282 cm³/mol. The first-order chi connectivity index (χ1) is 38.1. The van der Waals surface area contributed by atoms with Crippen molar-refractivity contribution >= 4 is 35.8 Å². The van der Waals surface area contributed by atoms with Crippen LogP contribution in [0.15, 0.2) is 182 Å². The molecule has 412 valence electrons. The Morgan fingerprint density at radius 3 is 1.10 bits per heavy atom. The van der Waals surface area contributed by atoms with Crippen molar-refractivity contribution in [3.05, 3.63) is 215 Å². The third-order valence-electron chi connectivity index (χ3n) is 13.3. The van der Waals surface area contributed by atoms with E-state index in [-0.39, 0.29) is 0 Å². The molecule has 17 nitrogen and oxygen atoms in total. The lowest BCUT2D eigenvalue weighted by molar-refractivity contribution is -0.389. The van der Waals surface area contributed by atoms with Crippen LogP contribution in [0.3, 0.4) is 0 Å². The Kier molecular flexibility index (Phi) is 18.5. The van der Waals surface area contributed by atoms with Crippen LogP contribution in [0.25, 0.3) is 0 Å². The zero-order valence-corrected chi connectivity index (χ0v) is 44.5. The maximum atomic E-state index is 13.8. The van der Waals surface area contributed by atoms with Gasteiger partial charge in [0, 0.05) is 41.5 Å². The standard InChI is InChI=1S/C62H62O17/c1-40(63)69-37-52-54(72-41(2)64)56(74-43(4)66)57(75-44(5)67)59(77-52)79-60(39-71-62(49-31-19-10-20-32-49,50-33-21-11-22-34-50)51-35-23-12-24-36-51)58(76-45(6)68)55(73-42(3)65)53(78-60)38-70-61(46-25-13-7-14-26-46,47-27-15-8-16-28-47)48-29-17-9-18-30-48/h7-36,52-59H,37-39H2,1-6H3/t52-,53+,54-,55-,56-,57+,58-,59+,60+/m0/s1. The molecule has 2 aliphatic heterocycles. The lowest BCUT2D eigenvalue weighted by Crippen LogP contribution is -2.66. The number of ether oxygens (including phenoxy) is 11. The van der Waals surface area contributed by atoms with Gasteiger partial charge in [-0.15, -0.1) is 0 Å². The molecule has 6 aromatic rings. The summed E-state index contributed by atoms with van der Waals surface area (Å²) in [6, 6.07) is 56.3. The topological polar surface area (TPSA) is 204 Å². The molecule has 0 unspecified atom stereocenters. The van der Waals surface area contributed by atoms with Crippen LogP contribution in [0.5, 0.6) is 0 Å². The summed E-state index contributed by atoms with van der Waals surface area (Å²) < 4.78 is 71.1. The first kappa shape index (κ1) is 57.1. The SMILES string of the molecule is CC(=O)OC[C@@H]1O[C@H](O[C@@]2(COC(c3ccccc3)(c3ccccc3)c3ccccc3)O[C@H](COC(c3ccccc3)(c3ccccc3)c3ccccc3)[C@H](OC(C)=O)[C@@H]2OC(C)=O)[C@H](OC(C)=O)[C@@H](OC(C)=O)[C@H]1OC(C)=O. The maximum absolute atomic E-state index is 13.8. The summed E-state index contributed by atoms with van der Waals surface area (Å²) in [7, 11) is 0. The van der Waals surface area contributed by atoms with E-state index in [1.807, 2.05) is 182 Å². The Bertz CT molecular complexity index is 2810. The molecule has 6 aromatic carbocycles. The van der Waals surface area contributed by atoms with Gasteiger partial charge in [-0.3, -0.25) is 28.8 Å². The van der Waals surface area contributed by atoms with Crippen molar-refractivity contribution in [1.82, 2.24) is 0 Å². The second-order valence-electron chi connectivity index (χ2n) is 18.9. The van der Waals surface area contributed by atoms with Crippen LogP contribution in [-0.2, 0) is 92.1 Å². The minimum absolute atomic E-state index is 0.417. The second-order valence-corrected chi connectivity index (χ2v) is 18.9. The number of benzene rings is 6. The Labute approximate surface area is 457 Å². The molecule has 0 aromatic heterocycles. The molecule has 79 heavy (non-hydrogen) atoms. The number of hydrogen-bond acceptors (Lipinski definition) is 17. The number of esters is 6. The fourth-order valence-electron chi connectivity index (χ4n) is 10.3. The van der Waals surface area contributed by atoms with Crippen molar-refractivity contribution < 1.29 is 80.9 Å². The van der Waals surface area contributed by atoms with E-state index in [0.29, 0.717) is 33.4 Å². The fourth-order valence-corrected chi connectivity index (χ4v) is 10.3. The highest BCUT2D eigenvalue weighted by Crippen LogP contribution is 2.48. The molecule has 17 heteroatoms. The van der Waals surface area contributed by atoms with Gasteiger partial charge >= 0.3 is 35.8 Å². The molecule has 9 atom stereocenters. The van der Waals surface area contributed by atoms with E-state index in [1.54, 1.807) is 0 Å². The second kappa shape index (κ2) is 25.6. The van der Waals surface area contributed by atoms with Gasteiger partial charge in [0.1, 0.15) is 36.6 Å². The van der Waals surface area contributed by atoms with Gasteiger partial charge in [-0.1, -0.05) is 182 Å². The van der Waals surface area contributed by atoms with Crippen molar-refractivity contribution in [3.8, 4) is 0 Å². The summed E-state index contributed by atoms with van der Waals surface area (Å²) in [5.41, 5.74) is 1.12. The van der Waals surface area contributed by atoms with Crippen molar-refractivity contribution in [2.45, 2.75) is 108 Å². The van der Waals surface area contributed by atoms with Crippen molar-refractivity contribution in [1.29, 1.82) is 0 Å². The third-order valence-corrected chi connectivity index (χ3v) is 13.3. The third kappa shape index (κ3) is 12.9. The van der Waals surface area contributed by atoms with E-state index >= 15 is 0 Å². The van der Waals surface area contributed by atoms with Crippen LogP contribution in [0.1, 0.15) is 74.9 Å². The zero-order valence-electron chi connectivity index (χ0n) is 44.5. The highest BCUT2D eigenvalue weighted by Gasteiger charge is 2.65. The summed E-state index contributed by atoms with van der Waals surface area (Å²) in [6.45, 7) is 4.96. The van der Waals surface area contributed by atoms with Crippen LogP contribution in [0, 0.1) is 0 Å². The smallest absolute Gasteiger partial charge is 0.303 e. The van der Waals surface area contributed by atoms with E-state index < -0.39 is 122 Å². The lowest BCUT2D eigenvalue weighted by atomic mass is 9.80. The van der Waals surface area contributed by atoms with Crippen LogP contribution in [0.2, 0.25) is 0 Å². The largest absolute Gasteiger partial charge is 0.463 e. The normalized spacial score (nSPS) is 22.9. The van der Waals surface area contributed by atoms with Gasteiger partial charge in [-0.2, -0.15) is 0 Å². The Morgan fingerprint density at radius 1 is 0.392 bits per heavy atom. The summed E-state index contributed by atoms with van der Waals surface area (Å²) in [4.78, 5) is 78.9. The lowest BCUT2D eigenvalue weighted by Gasteiger charge is -2.47. The van der Waals surface area contributed by atoms with Gasteiger partial charge in [-0.25, -0.2) is 0 Å². The average molecular weight is 1080 g/mol. The quantitative estimate of drug-likeness (QED) is 0.0380. The molecular formula is C62H62O17. The molecule has 0 bridgehead atoms. The van der Waals surface area contributed by atoms with Crippen LogP contribution < -0.4 is 0 Å². The maximum Gasteiger partial charge on any atom is 0.303 e. The molecule has 0 spiro atoms. The predicted octanol–water partition coefficient (Wildman–Crippen LogP) is 8.06. The Balaban J connectivity index is 1.37. The van der Waals surface area contributed by atoms with Gasteiger partial charge < -0.3 is 52.1 Å². The molecule has 2 aliphatic rings. The molecule has 2 fully saturated rings. The highest BCUT2D eigenvalue weighted by molar-refractivity contribution is 5.69. The number of rotatable bonds is 21.